The Morgan fingerprint density at radius 2 is 1.87 bits per heavy atom. The lowest BCUT2D eigenvalue weighted by atomic mass is 9.97. The zero-order chi connectivity index (χ0) is 10.6. The van der Waals surface area contributed by atoms with Gasteiger partial charge < -0.3 is 5.32 Å². The van der Waals surface area contributed by atoms with Crippen LogP contribution < -0.4 is 5.32 Å². The van der Waals surface area contributed by atoms with Gasteiger partial charge in [-0.3, -0.25) is 0 Å². The van der Waals surface area contributed by atoms with Gasteiger partial charge in [0.15, 0.2) is 0 Å². The van der Waals surface area contributed by atoms with E-state index in [1.54, 1.807) is 0 Å². The van der Waals surface area contributed by atoms with Gasteiger partial charge in [0.1, 0.15) is 0 Å². The maximum Gasteiger partial charge on any atom is 0.0289 e. The van der Waals surface area contributed by atoms with Crippen LogP contribution in [0.5, 0.6) is 0 Å². The topological polar surface area (TPSA) is 12.0 Å². The van der Waals surface area contributed by atoms with Crippen LogP contribution in [0.2, 0.25) is 0 Å². The highest BCUT2D eigenvalue weighted by Gasteiger charge is 2.16. The molecule has 0 amide bonds. The normalized spacial score (nSPS) is 24.4. The Balaban J connectivity index is 0.00000196. The van der Waals surface area contributed by atoms with Crippen LogP contribution in [-0.2, 0) is 0 Å². The van der Waals surface area contributed by atoms with E-state index in [0.29, 0.717) is 12.1 Å². The molecular formula is C13H22ClN. The summed E-state index contributed by atoms with van der Waals surface area (Å²) in [5.74, 6) is 0. The van der Waals surface area contributed by atoms with E-state index in [9.17, 15) is 0 Å². The molecular weight excluding hydrogens is 206 g/mol. The summed E-state index contributed by atoms with van der Waals surface area (Å²) in [6.45, 7) is 12.1. The van der Waals surface area contributed by atoms with E-state index in [0.717, 1.165) is 19.3 Å². The standard InChI is InChI=1S/C13H21N.ClH/c1-10(2)8-12-6-5-7-13(14-12)9-11(3)4;/h5-6,12-14H,1,3,7-9H2,2,4H3;1H/t12-,13+;/m1./s1. The molecule has 1 aliphatic rings. The van der Waals surface area contributed by atoms with Gasteiger partial charge >= 0.3 is 0 Å². The fourth-order valence-corrected chi connectivity index (χ4v) is 1.90. The van der Waals surface area contributed by atoms with E-state index in [2.05, 4.69) is 44.5 Å². The second kappa shape index (κ2) is 6.86. The molecule has 0 spiro atoms. The van der Waals surface area contributed by atoms with Crippen molar-refractivity contribution >= 4 is 12.4 Å². The Hall–Kier alpha value is -0.530. The molecule has 0 radical (unpaired) electrons. The highest BCUT2D eigenvalue weighted by Crippen LogP contribution is 2.15. The molecule has 0 saturated carbocycles. The van der Waals surface area contributed by atoms with E-state index in [1.165, 1.54) is 11.1 Å². The molecule has 1 heterocycles. The predicted octanol–water partition coefficient (Wildman–Crippen LogP) is 3.63. The van der Waals surface area contributed by atoms with E-state index in [4.69, 9.17) is 0 Å². The summed E-state index contributed by atoms with van der Waals surface area (Å²) >= 11 is 0. The minimum atomic E-state index is 0. The van der Waals surface area contributed by atoms with Crippen molar-refractivity contribution in [2.24, 2.45) is 0 Å². The Morgan fingerprint density at radius 3 is 2.40 bits per heavy atom. The Labute approximate surface area is 99.7 Å². The molecule has 1 nitrogen and oxygen atoms in total. The largest absolute Gasteiger partial charge is 0.307 e. The minimum absolute atomic E-state index is 0. The average molecular weight is 228 g/mol. The smallest absolute Gasteiger partial charge is 0.0289 e. The van der Waals surface area contributed by atoms with Crippen molar-refractivity contribution in [3.63, 3.8) is 0 Å². The van der Waals surface area contributed by atoms with Crippen molar-refractivity contribution in [2.45, 2.75) is 45.2 Å². The van der Waals surface area contributed by atoms with Gasteiger partial charge in [-0.15, -0.1) is 25.6 Å². The summed E-state index contributed by atoms with van der Waals surface area (Å²) in [5, 5.41) is 3.61. The second-order valence-electron chi connectivity index (χ2n) is 4.46. The highest BCUT2D eigenvalue weighted by molar-refractivity contribution is 5.85. The number of rotatable bonds is 4. The molecule has 0 fully saturated rings. The van der Waals surface area contributed by atoms with Crippen molar-refractivity contribution < 1.29 is 0 Å². The molecule has 1 rings (SSSR count). The summed E-state index contributed by atoms with van der Waals surface area (Å²) in [5.41, 5.74) is 2.50. The van der Waals surface area contributed by atoms with E-state index in [-0.39, 0.29) is 12.4 Å². The lowest BCUT2D eigenvalue weighted by Crippen LogP contribution is -2.39. The summed E-state index contributed by atoms with van der Waals surface area (Å²) in [7, 11) is 0. The number of halogens is 1. The first kappa shape index (κ1) is 14.5. The molecule has 1 aliphatic heterocycles. The first-order valence-electron chi connectivity index (χ1n) is 5.29. The third kappa shape index (κ3) is 5.81. The predicted molar refractivity (Wildman–Crippen MR) is 70.6 cm³/mol. The Morgan fingerprint density at radius 1 is 1.27 bits per heavy atom. The summed E-state index contributed by atoms with van der Waals surface area (Å²) in [4.78, 5) is 0. The van der Waals surface area contributed by atoms with Crippen LogP contribution in [0.15, 0.2) is 36.5 Å². The Kier molecular flexibility index (Phi) is 6.62. The molecule has 15 heavy (non-hydrogen) atoms. The van der Waals surface area contributed by atoms with Crippen LogP contribution in [0, 0.1) is 0 Å². The summed E-state index contributed by atoms with van der Waals surface area (Å²) in [6.07, 6.45) is 7.78. The molecule has 0 unspecified atom stereocenters. The molecule has 0 aromatic carbocycles. The van der Waals surface area contributed by atoms with Crippen molar-refractivity contribution in [1.29, 1.82) is 0 Å². The molecule has 0 bridgehead atoms. The summed E-state index contributed by atoms with van der Waals surface area (Å²) in [6, 6.07) is 1.05. The minimum Gasteiger partial charge on any atom is -0.307 e. The lowest BCUT2D eigenvalue weighted by Gasteiger charge is -2.27. The van der Waals surface area contributed by atoms with Crippen LogP contribution in [0.25, 0.3) is 0 Å². The van der Waals surface area contributed by atoms with E-state index < -0.39 is 0 Å². The first-order valence-corrected chi connectivity index (χ1v) is 5.29. The van der Waals surface area contributed by atoms with Crippen LogP contribution in [0.4, 0.5) is 0 Å². The van der Waals surface area contributed by atoms with Gasteiger partial charge in [-0.1, -0.05) is 23.3 Å². The van der Waals surface area contributed by atoms with Gasteiger partial charge in [0, 0.05) is 12.1 Å². The van der Waals surface area contributed by atoms with Gasteiger partial charge in [-0.2, -0.15) is 0 Å². The monoisotopic (exact) mass is 227 g/mol. The van der Waals surface area contributed by atoms with E-state index >= 15 is 0 Å². The number of nitrogens with one attached hydrogen (secondary N) is 1. The molecule has 86 valence electrons. The molecule has 0 aromatic rings. The lowest BCUT2D eigenvalue weighted by molar-refractivity contribution is 0.445. The number of hydrogen-bond donors (Lipinski definition) is 1. The average Bonchev–Trinajstić information content (AvgIpc) is 2.01. The zero-order valence-electron chi connectivity index (χ0n) is 9.75. The fourth-order valence-electron chi connectivity index (χ4n) is 1.90. The van der Waals surface area contributed by atoms with Crippen LogP contribution in [0.3, 0.4) is 0 Å². The van der Waals surface area contributed by atoms with Gasteiger partial charge in [-0.25, -0.2) is 0 Å². The van der Waals surface area contributed by atoms with Crippen molar-refractivity contribution in [3.8, 4) is 0 Å². The molecule has 0 aliphatic carbocycles. The summed E-state index contributed by atoms with van der Waals surface area (Å²) < 4.78 is 0. The Bertz CT molecular complexity index is 255. The fraction of sp³-hybridized carbons (Fsp3) is 0.538. The molecule has 1 N–H and O–H groups in total. The van der Waals surface area contributed by atoms with Gasteiger partial charge in [0.25, 0.3) is 0 Å². The second-order valence-corrected chi connectivity index (χ2v) is 4.46. The van der Waals surface area contributed by atoms with Crippen LogP contribution in [0.1, 0.15) is 33.1 Å². The zero-order valence-corrected chi connectivity index (χ0v) is 10.6. The maximum absolute atomic E-state index is 3.95. The number of hydrogen-bond acceptors (Lipinski definition) is 1. The third-order valence-corrected chi connectivity index (χ3v) is 2.40. The van der Waals surface area contributed by atoms with Gasteiger partial charge in [0.2, 0.25) is 0 Å². The van der Waals surface area contributed by atoms with Gasteiger partial charge in [0.05, 0.1) is 0 Å². The third-order valence-electron chi connectivity index (χ3n) is 2.40. The molecule has 2 heteroatoms. The highest BCUT2D eigenvalue weighted by atomic mass is 35.5. The van der Waals surface area contributed by atoms with Crippen molar-refractivity contribution in [2.75, 3.05) is 0 Å². The first-order chi connectivity index (χ1) is 6.58. The van der Waals surface area contributed by atoms with E-state index in [1.807, 2.05) is 0 Å². The quantitative estimate of drug-likeness (QED) is 0.724. The molecule has 2 atom stereocenters. The maximum atomic E-state index is 3.95. The SMILES string of the molecule is C=C(C)C[C@@H]1CC=C[C@H](CC(=C)C)N1.Cl. The molecule has 0 saturated heterocycles. The molecule has 0 aromatic heterocycles. The van der Waals surface area contributed by atoms with Crippen LogP contribution in [-0.4, -0.2) is 12.1 Å². The van der Waals surface area contributed by atoms with Crippen molar-refractivity contribution in [3.05, 3.63) is 36.5 Å². The van der Waals surface area contributed by atoms with Crippen molar-refractivity contribution in [1.82, 2.24) is 5.32 Å². The van der Waals surface area contributed by atoms with Gasteiger partial charge in [-0.05, 0) is 33.1 Å². The van der Waals surface area contributed by atoms with Crippen LogP contribution >= 0.6 is 12.4 Å².